The second-order valence-electron chi connectivity index (χ2n) is 3.92. The molecule has 0 heterocycles. The summed E-state index contributed by atoms with van der Waals surface area (Å²) in [4.78, 5) is 23.0. The Bertz CT molecular complexity index is 420. The van der Waals surface area contributed by atoms with Crippen LogP contribution in [0.1, 0.15) is 24.2 Å². The zero-order chi connectivity index (χ0) is 13.5. The summed E-state index contributed by atoms with van der Waals surface area (Å²) in [6, 6.07) is 6.54. The van der Waals surface area contributed by atoms with Gasteiger partial charge in [0.1, 0.15) is 0 Å². The van der Waals surface area contributed by atoms with Gasteiger partial charge in [-0.05, 0) is 31.2 Å². The number of nitrogens with two attached hydrogens (primary N) is 1. The van der Waals surface area contributed by atoms with Gasteiger partial charge >= 0.3 is 5.97 Å². The fourth-order valence-electron chi connectivity index (χ4n) is 1.28. The fourth-order valence-corrected chi connectivity index (χ4v) is 1.28. The first-order chi connectivity index (χ1) is 8.58. The van der Waals surface area contributed by atoms with Crippen molar-refractivity contribution in [3.8, 4) is 0 Å². The average Bonchev–Trinajstić information content (AvgIpc) is 2.38. The molecular weight excluding hydrogens is 268 g/mol. The predicted octanol–water partition coefficient (Wildman–Crippen LogP) is 1.82. The highest BCUT2D eigenvalue weighted by molar-refractivity contribution is 5.94. The molecule has 5 nitrogen and oxygen atoms in total. The molecule has 1 rings (SSSR count). The molecule has 0 fully saturated rings. The van der Waals surface area contributed by atoms with E-state index < -0.39 is 0 Å². The van der Waals surface area contributed by atoms with Crippen molar-refractivity contribution in [2.24, 2.45) is 11.7 Å². The van der Waals surface area contributed by atoms with Gasteiger partial charge in [0.15, 0.2) is 0 Å². The van der Waals surface area contributed by atoms with E-state index in [0.717, 1.165) is 0 Å². The quantitative estimate of drug-likeness (QED) is 0.809. The molecule has 0 aliphatic rings. The van der Waals surface area contributed by atoms with Crippen LogP contribution in [0.15, 0.2) is 24.3 Å². The second kappa shape index (κ2) is 8.50. The Labute approximate surface area is 118 Å². The summed E-state index contributed by atoms with van der Waals surface area (Å²) in [6.45, 7) is 4.14. The first kappa shape index (κ1) is 17.4. The summed E-state index contributed by atoms with van der Waals surface area (Å²) >= 11 is 0. The molecule has 0 radical (unpaired) electrons. The van der Waals surface area contributed by atoms with Crippen molar-refractivity contribution in [1.82, 2.24) is 0 Å². The van der Waals surface area contributed by atoms with Gasteiger partial charge in [0.2, 0.25) is 5.91 Å². The molecule has 1 aromatic rings. The number of esters is 1. The van der Waals surface area contributed by atoms with Crippen LogP contribution in [0.4, 0.5) is 5.69 Å². The maximum absolute atomic E-state index is 11.6. The van der Waals surface area contributed by atoms with Crippen molar-refractivity contribution in [1.29, 1.82) is 0 Å². The van der Waals surface area contributed by atoms with Crippen molar-refractivity contribution in [3.63, 3.8) is 0 Å². The highest BCUT2D eigenvalue weighted by Gasteiger charge is 2.11. The predicted molar refractivity (Wildman–Crippen MR) is 76.5 cm³/mol. The Morgan fingerprint density at radius 2 is 1.89 bits per heavy atom. The SMILES string of the molecule is CCOC(=O)c1ccc(NC(=O)C(C)CN)cc1.Cl. The normalized spacial score (nSPS) is 11.1. The molecule has 19 heavy (non-hydrogen) atoms. The van der Waals surface area contributed by atoms with E-state index in [1.54, 1.807) is 38.1 Å². The molecule has 106 valence electrons. The lowest BCUT2D eigenvalue weighted by atomic mass is 10.1. The number of hydrogen-bond acceptors (Lipinski definition) is 4. The number of carbonyl (C=O) groups is 2. The lowest BCUT2D eigenvalue weighted by molar-refractivity contribution is -0.119. The molecule has 0 aromatic heterocycles. The molecule has 0 saturated carbocycles. The van der Waals surface area contributed by atoms with Gasteiger partial charge in [0.05, 0.1) is 12.2 Å². The Kier molecular flexibility index (Phi) is 7.79. The molecule has 1 unspecified atom stereocenters. The van der Waals surface area contributed by atoms with Crippen LogP contribution in [0.2, 0.25) is 0 Å². The molecule has 1 amide bonds. The molecule has 3 N–H and O–H groups in total. The van der Waals surface area contributed by atoms with Crippen LogP contribution in [0, 0.1) is 5.92 Å². The van der Waals surface area contributed by atoms with Crippen LogP contribution in [0.3, 0.4) is 0 Å². The highest BCUT2D eigenvalue weighted by Crippen LogP contribution is 2.11. The molecule has 0 saturated heterocycles. The molecule has 1 aromatic carbocycles. The lowest BCUT2D eigenvalue weighted by Crippen LogP contribution is -2.26. The third-order valence-electron chi connectivity index (χ3n) is 2.46. The van der Waals surface area contributed by atoms with E-state index in [9.17, 15) is 9.59 Å². The molecule has 0 spiro atoms. The Morgan fingerprint density at radius 3 is 2.37 bits per heavy atom. The molecular formula is C13H19ClN2O3. The third kappa shape index (κ3) is 5.28. The third-order valence-corrected chi connectivity index (χ3v) is 2.46. The Hall–Kier alpha value is -1.59. The summed E-state index contributed by atoms with van der Waals surface area (Å²) in [5.41, 5.74) is 6.49. The maximum Gasteiger partial charge on any atom is 0.338 e. The number of anilines is 1. The smallest absolute Gasteiger partial charge is 0.338 e. The summed E-state index contributed by atoms with van der Waals surface area (Å²) in [5, 5.41) is 2.72. The molecule has 0 bridgehead atoms. The van der Waals surface area contributed by atoms with Crippen molar-refractivity contribution < 1.29 is 14.3 Å². The van der Waals surface area contributed by atoms with Gasteiger partial charge in [-0.15, -0.1) is 12.4 Å². The van der Waals surface area contributed by atoms with Gasteiger partial charge in [-0.25, -0.2) is 4.79 Å². The van der Waals surface area contributed by atoms with Crippen LogP contribution >= 0.6 is 12.4 Å². The number of hydrogen-bond donors (Lipinski definition) is 2. The monoisotopic (exact) mass is 286 g/mol. The summed E-state index contributed by atoms with van der Waals surface area (Å²) in [6.07, 6.45) is 0. The summed E-state index contributed by atoms with van der Waals surface area (Å²) in [5.74, 6) is -0.748. The van der Waals surface area contributed by atoms with Crippen LogP contribution < -0.4 is 11.1 Å². The van der Waals surface area contributed by atoms with Crippen molar-refractivity contribution in [3.05, 3.63) is 29.8 Å². The summed E-state index contributed by atoms with van der Waals surface area (Å²) < 4.78 is 4.86. The average molecular weight is 287 g/mol. The van der Waals surface area contributed by atoms with E-state index in [1.807, 2.05) is 0 Å². The minimum atomic E-state index is -0.370. The van der Waals surface area contributed by atoms with E-state index in [4.69, 9.17) is 10.5 Å². The second-order valence-corrected chi connectivity index (χ2v) is 3.92. The van der Waals surface area contributed by atoms with E-state index in [-0.39, 0.29) is 30.2 Å². The summed E-state index contributed by atoms with van der Waals surface area (Å²) in [7, 11) is 0. The fraction of sp³-hybridized carbons (Fsp3) is 0.385. The van der Waals surface area contributed by atoms with Gasteiger partial charge in [0.25, 0.3) is 0 Å². The van der Waals surface area contributed by atoms with E-state index in [2.05, 4.69) is 5.32 Å². The number of nitrogens with one attached hydrogen (secondary N) is 1. The van der Waals surface area contributed by atoms with E-state index in [1.165, 1.54) is 0 Å². The molecule has 0 aliphatic carbocycles. The van der Waals surface area contributed by atoms with Gasteiger partial charge in [-0.3, -0.25) is 4.79 Å². The van der Waals surface area contributed by atoms with Crippen LogP contribution in [0.25, 0.3) is 0 Å². The molecule has 6 heteroatoms. The number of halogens is 1. The zero-order valence-electron chi connectivity index (χ0n) is 11.0. The van der Waals surface area contributed by atoms with Crippen LogP contribution in [-0.2, 0) is 9.53 Å². The standard InChI is InChI=1S/C13H18N2O3.ClH/c1-3-18-13(17)10-4-6-11(7-5-10)15-12(16)9(2)8-14;/h4-7,9H,3,8,14H2,1-2H3,(H,15,16);1H. The van der Waals surface area contributed by atoms with E-state index in [0.29, 0.717) is 24.4 Å². The van der Waals surface area contributed by atoms with Gasteiger partial charge in [-0.1, -0.05) is 6.92 Å². The van der Waals surface area contributed by atoms with Crippen molar-refractivity contribution in [2.75, 3.05) is 18.5 Å². The van der Waals surface area contributed by atoms with Crippen molar-refractivity contribution >= 4 is 30.0 Å². The number of amides is 1. The zero-order valence-corrected chi connectivity index (χ0v) is 11.8. The largest absolute Gasteiger partial charge is 0.462 e. The van der Waals surface area contributed by atoms with Gasteiger partial charge in [0, 0.05) is 18.2 Å². The first-order valence-corrected chi connectivity index (χ1v) is 5.86. The van der Waals surface area contributed by atoms with E-state index >= 15 is 0 Å². The lowest BCUT2D eigenvalue weighted by Gasteiger charge is -2.10. The minimum Gasteiger partial charge on any atom is -0.462 e. The maximum atomic E-state index is 11.6. The van der Waals surface area contributed by atoms with Crippen molar-refractivity contribution in [2.45, 2.75) is 13.8 Å². The van der Waals surface area contributed by atoms with Crippen LogP contribution in [-0.4, -0.2) is 25.0 Å². The number of rotatable bonds is 5. The van der Waals surface area contributed by atoms with Gasteiger partial charge in [-0.2, -0.15) is 0 Å². The topological polar surface area (TPSA) is 81.4 Å². The highest BCUT2D eigenvalue weighted by atomic mass is 35.5. The number of carbonyl (C=O) groups excluding carboxylic acids is 2. The number of ether oxygens (including phenoxy) is 1. The minimum absolute atomic E-state index is 0. The molecule has 0 aliphatic heterocycles. The Morgan fingerprint density at radius 1 is 1.32 bits per heavy atom. The first-order valence-electron chi connectivity index (χ1n) is 5.86. The Balaban J connectivity index is 0.00000324. The van der Waals surface area contributed by atoms with Gasteiger partial charge < -0.3 is 15.8 Å². The molecule has 1 atom stereocenters. The van der Waals surface area contributed by atoms with Crippen LogP contribution in [0.5, 0.6) is 0 Å². The number of benzene rings is 1.